The Balaban J connectivity index is 1.93. The van der Waals surface area contributed by atoms with Crippen molar-refractivity contribution in [1.29, 1.82) is 0 Å². The third-order valence-corrected chi connectivity index (χ3v) is 5.35. The Morgan fingerprint density at radius 2 is 2.10 bits per heavy atom. The quantitative estimate of drug-likeness (QED) is 0.786. The Morgan fingerprint density at radius 3 is 2.70 bits per heavy atom. The van der Waals surface area contributed by atoms with E-state index in [9.17, 15) is 4.79 Å². The summed E-state index contributed by atoms with van der Waals surface area (Å²) < 4.78 is 5.19. The number of hydrogen-bond acceptors (Lipinski definition) is 4. The van der Waals surface area contributed by atoms with Crippen LogP contribution in [0.4, 0.5) is 0 Å². The van der Waals surface area contributed by atoms with Gasteiger partial charge in [0.2, 0.25) is 0 Å². The van der Waals surface area contributed by atoms with Crippen LogP contribution in [0.3, 0.4) is 0 Å². The number of hydrogen-bond donors (Lipinski definition) is 1. The molecule has 116 valence electrons. The molecule has 1 saturated carbocycles. The van der Waals surface area contributed by atoms with Gasteiger partial charge in [-0.05, 0) is 71.9 Å². The molecule has 1 aliphatic carbocycles. The van der Waals surface area contributed by atoms with E-state index in [2.05, 4.69) is 18.7 Å². The average Bonchev–Trinajstić information content (AvgIpc) is 2.91. The maximum atomic E-state index is 12.1. The molecule has 0 aromatic heterocycles. The predicted octanol–water partition coefficient (Wildman–Crippen LogP) is 2.31. The van der Waals surface area contributed by atoms with E-state index in [-0.39, 0.29) is 11.9 Å². The number of likely N-dealkylation sites (tertiary alicyclic amines) is 1. The van der Waals surface area contributed by atoms with E-state index in [1.807, 2.05) is 6.92 Å². The zero-order chi connectivity index (χ0) is 14.8. The molecule has 0 amide bonds. The molecule has 2 fully saturated rings. The van der Waals surface area contributed by atoms with Gasteiger partial charge in [0, 0.05) is 5.54 Å². The molecule has 2 aliphatic rings. The maximum absolute atomic E-state index is 12.1. The van der Waals surface area contributed by atoms with Crippen LogP contribution in [0.25, 0.3) is 0 Å². The van der Waals surface area contributed by atoms with Crippen molar-refractivity contribution in [3.05, 3.63) is 0 Å². The zero-order valence-electron chi connectivity index (χ0n) is 13.3. The first-order valence-corrected chi connectivity index (χ1v) is 8.11. The predicted molar refractivity (Wildman–Crippen MR) is 80.4 cm³/mol. The second-order valence-corrected chi connectivity index (χ2v) is 7.04. The average molecular weight is 282 g/mol. The Hall–Kier alpha value is -0.610. The number of esters is 1. The van der Waals surface area contributed by atoms with Crippen molar-refractivity contribution in [2.75, 3.05) is 19.7 Å². The highest BCUT2D eigenvalue weighted by Crippen LogP contribution is 2.38. The molecule has 4 nitrogen and oxygen atoms in total. The summed E-state index contributed by atoms with van der Waals surface area (Å²) in [7, 11) is 0. The number of carbonyl (C=O) groups is 1. The SMILES string of the molecule is CCOC(=O)C1(N)CCCC1CCN1CCCC1(C)C. The fourth-order valence-electron chi connectivity index (χ4n) is 3.93. The standard InChI is InChI=1S/C16H30N2O2/c1-4-20-14(19)16(17)10-5-7-13(16)8-12-18-11-6-9-15(18,2)3/h13H,4-12,17H2,1-3H3. The lowest BCUT2D eigenvalue weighted by Gasteiger charge is -2.35. The van der Waals surface area contributed by atoms with Crippen LogP contribution in [0.15, 0.2) is 0 Å². The first-order chi connectivity index (χ1) is 9.40. The molecule has 2 N–H and O–H groups in total. The molecule has 0 aromatic rings. The van der Waals surface area contributed by atoms with Crippen LogP contribution in [0, 0.1) is 5.92 Å². The van der Waals surface area contributed by atoms with Gasteiger partial charge in [0.1, 0.15) is 5.54 Å². The van der Waals surface area contributed by atoms with Crippen molar-refractivity contribution in [2.24, 2.45) is 11.7 Å². The first-order valence-electron chi connectivity index (χ1n) is 8.11. The summed E-state index contributed by atoms with van der Waals surface area (Å²) in [5, 5.41) is 0. The van der Waals surface area contributed by atoms with Crippen LogP contribution in [-0.2, 0) is 9.53 Å². The largest absolute Gasteiger partial charge is 0.465 e. The van der Waals surface area contributed by atoms with Crippen LogP contribution in [-0.4, -0.2) is 41.6 Å². The van der Waals surface area contributed by atoms with Crippen LogP contribution >= 0.6 is 0 Å². The van der Waals surface area contributed by atoms with E-state index in [4.69, 9.17) is 10.5 Å². The van der Waals surface area contributed by atoms with Gasteiger partial charge in [0.25, 0.3) is 0 Å². The minimum absolute atomic E-state index is 0.191. The van der Waals surface area contributed by atoms with Crippen LogP contribution in [0.2, 0.25) is 0 Å². The number of rotatable bonds is 5. The Morgan fingerprint density at radius 1 is 1.35 bits per heavy atom. The topological polar surface area (TPSA) is 55.6 Å². The summed E-state index contributed by atoms with van der Waals surface area (Å²) in [6.07, 6.45) is 6.44. The Kier molecular flexibility index (Phi) is 4.75. The van der Waals surface area contributed by atoms with Gasteiger partial charge in [-0.1, -0.05) is 6.42 Å². The molecule has 2 rings (SSSR count). The van der Waals surface area contributed by atoms with Gasteiger partial charge >= 0.3 is 5.97 Å². The summed E-state index contributed by atoms with van der Waals surface area (Å²) in [6, 6.07) is 0. The van der Waals surface area contributed by atoms with Crippen molar-refractivity contribution in [3.8, 4) is 0 Å². The molecule has 20 heavy (non-hydrogen) atoms. The zero-order valence-corrected chi connectivity index (χ0v) is 13.3. The minimum Gasteiger partial charge on any atom is -0.465 e. The molecule has 1 aliphatic heterocycles. The molecule has 0 spiro atoms. The highest BCUT2D eigenvalue weighted by Gasteiger charge is 2.47. The molecule has 2 unspecified atom stereocenters. The fraction of sp³-hybridized carbons (Fsp3) is 0.938. The van der Waals surface area contributed by atoms with Crippen molar-refractivity contribution in [1.82, 2.24) is 4.90 Å². The lowest BCUT2D eigenvalue weighted by Crippen LogP contribution is -2.53. The van der Waals surface area contributed by atoms with Gasteiger partial charge in [-0.3, -0.25) is 9.69 Å². The summed E-state index contributed by atoms with van der Waals surface area (Å²) in [4.78, 5) is 14.7. The van der Waals surface area contributed by atoms with Gasteiger partial charge < -0.3 is 10.5 Å². The third kappa shape index (κ3) is 3.01. The van der Waals surface area contributed by atoms with Crippen LogP contribution in [0.1, 0.15) is 59.3 Å². The van der Waals surface area contributed by atoms with Crippen molar-refractivity contribution < 1.29 is 9.53 Å². The van der Waals surface area contributed by atoms with Gasteiger partial charge in [-0.25, -0.2) is 0 Å². The van der Waals surface area contributed by atoms with E-state index < -0.39 is 5.54 Å². The smallest absolute Gasteiger partial charge is 0.326 e. The Bertz CT molecular complexity index is 356. The first kappa shape index (κ1) is 15.8. The maximum Gasteiger partial charge on any atom is 0.326 e. The van der Waals surface area contributed by atoms with Crippen molar-refractivity contribution >= 4 is 5.97 Å². The van der Waals surface area contributed by atoms with Gasteiger partial charge in [-0.2, -0.15) is 0 Å². The summed E-state index contributed by atoms with van der Waals surface area (Å²) >= 11 is 0. The molecule has 0 radical (unpaired) electrons. The molecule has 0 bridgehead atoms. The van der Waals surface area contributed by atoms with Crippen LogP contribution in [0.5, 0.6) is 0 Å². The second kappa shape index (κ2) is 6.02. The minimum atomic E-state index is -0.736. The van der Waals surface area contributed by atoms with E-state index in [1.165, 1.54) is 19.4 Å². The number of nitrogens with zero attached hydrogens (tertiary/aromatic N) is 1. The molecule has 0 aromatic carbocycles. The molecular weight excluding hydrogens is 252 g/mol. The monoisotopic (exact) mass is 282 g/mol. The lowest BCUT2D eigenvalue weighted by atomic mass is 9.85. The summed E-state index contributed by atoms with van der Waals surface area (Å²) in [5.41, 5.74) is 5.96. The van der Waals surface area contributed by atoms with E-state index in [0.29, 0.717) is 12.1 Å². The number of carbonyl (C=O) groups excluding carboxylic acids is 1. The van der Waals surface area contributed by atoms with Gasteiger partial charge in [0.15, 0.2) is 0 Å². The lowest BCUT2D eigenvalue weighted by molar-refractivity contribution is -0.151. The number of ether oxygens (including phenoxy) is 1. The fourth-order valence-corrected chi connectivity index (χ4v) is 3.93. The molecular formula is C16H30N2O2. The molecule has 2 atom stereocenters. The van der Waals surface area contributed by atoms with Crippen molar-refractivity contribution in [3.63, 3.8) is 0 Å². The Labute approximate surface area is 123 Å². The van der Waals surface area contributed by atoms with Gasteiger partial charge in [-0.15, -0.1) is 0 Å². The highest BCUT2D eigenvalue weighted by atomic mass is 16.5. The molecule has 1 heterocycles. The van der Waals surface area contributed by atoms with Crippen LogP contribution < -0.4 is 5.73 Å². The van der Waals surface area contributed by atoms with Crippen molar-refractivity contribution in [2.45, 2.75) is 70.4 Å². The van der Waals surface area contributed by atoms with E-state index >= 15 is 0 Å². The van der Waals surface area contributed by atoms with E-state index in [0.717, 1.165) is 32.2 Å². The molecule has 4 heteroatoms. The highest BCUT2D eigenvalue weighted by molar-refractivity contribution is 5.81. The number of nitrogens with two attached hydrogens (primary N) is 1. The summed E-state index contributed by atoms with van der Waals surface area (Å²) in [5.74, 6) is 0.0844. The second-order valence-electron chi connectivity index (χ2n) is 7.04. The normalized spacial score (nSPS) is 33.5. The van der Waals surface area contributed by atoms with E-state index in [1.54, 1.807) is 0 Å². The summed E-state index contributed by atoms with van der Waals surface area (Å²) in [6.45, 7) is 9.12. The molecule has 1 saturated heterocycles. The third-order valence-electron chi connectivity index (χ3n) is 5.35. The van der Waals surface area contributed by atoms with Gasteiger partial charge in [0.05, 0.1) is 6.61 Å².